The maximum absolute atomic E-state index is 11.8. The molecule has 0 spiro atoms. The van der Waals surface area contributed by atoms with Crippen LogP contribution < -0.4 is 5.32 Å². The Kier molecular flexibility index (Phi) is 4.15. The first-order chi connectivity index (χ1) is 8.46. The Morgan fingerprint density at radius 1 is 1.17 bits per heavy atom. The number of carbonyl (C=O) groups is 1. The average Bonchev–Trinajstić information content (AvgIpc) is 2.82. The molecule has 1 saturated carbocycles. The zero-order valence-electron chi connectivity index (χ0n) is 11.9. The predicted octanol–water partition coefficient (Wildman–Crippen LogP) is 2.53. The van der Waals surface area contributed by atoms with Gasteiger partial charge in [-0.1, -0.05) is 0 Å². The summed E-state index contributed by atoms with van der Waals surface area (Å²) >= 11 is 0. The van der Waals surface area contributed by atoms with E-state index in [0.29, 0.717) is 6.04 Å². The van der Waals surface area contributed by atoms with Gasteiger partial charge in [-0.3, -0.25) is 4.90 Å². The minimum Gasteiger partial charge on any atom is -0.444 e. The van der Waals surface area contributed by atoms with Gasteiger partial charge < -0.3 is 10.1 Å². The van der Waals surface area contributed by atoms with E-state index in [1.165, 1.54) is 38.8 Å². The van der Waals surface area contributed by atoms with Crippen LogP contribution in [-0.4, -0.2) is 41.8 Å². The van der Waals surface area contributed by atoms with Crippen LogP contribution in [0.25, 0.3) is 0 Å². The molecule has 1 saturated heterocycles. The first-order valence-electron chi connectivity index (χ1n) is 7.19. The summed E-state index contributed by atoms with van der Waals surface area (Å²) < 4.78 is 5.34. The Morgan fingerprint density at radius 3 is 2.44 bits per heavy atom. The van der Waals surface area contributed by atoms with Crippen molar-refractivity contribution in [2.45, 2.75) is 70.6 Å². The largest absolute Gasteiger partial charge is 0.444 e. The number of hydrogen-bond acceptors (Lipinski definition) is 3. The van der Waals surface area contributed by atoms with Crippen molar-refractivity contribution in [3.8, 4) is 0 Å². The third-order valence-electron chi connectivity index (χ3n) is 3.79. The summed E-state index contributed by atoms with van der Waals surface area (Å²) in [4.78, 5) is 14.4. The van der Waals surface area contributed by atoms with E-state index >= 15 is 0 Å². The van der Waals surface area contributed by atoms with E-state index in [0.717, 1.165) is 6.42 Å². The minimum atomic E-state index is -0.411. The number of nitrogens with one attached hydrogen (secondary N) is 1. The normalized spacial score (nSPS) is 29.5. The Labute approximate surface area is 110 Å². The van der Waals surface area contributed by atoms with Gasteiger partial charge in [-0.15, -0.1) is 0 Å². The average molecular weight is 254 g/mol. The molecule has 4 heteroatoms. The molecule has 0 aromatic carbocycles. The Hall–Kier alpha value is -0.770. The highest BCUT2D eigenvalue weighted by Crippen LogP contribution is 2.27. The Balaban J connectivity index is 1.85. The van der Waals surface area contributed by atoms with Gasteiger partial charge in [0.1, 0.15) is 5.60 Å². The molecule has 1 amide bonds. The second-order valence-electron chi connectivity index (χ2n) is 6.49. The Bertz CT molecular complexity index is 293. The summed E-state index contributed by atoms with van der Waals surface area (Å²) in [6, 6.07) is 0.804. The van der Waals surface area contributed by atoms with Crippen LogP contribution in [0.1, 0.15) is 52.9 Å². The monoisotopic (exact) mass is 254 g/mol. The van der Waals surface area contributed by atoms with Gasteiger partial charge in [0.05, 0.1) is 0 Å². The van der Waals surface area contributed by atoms with Gasteiger partial charge in [0.2, 0.25) is 0 Å². The molecule has 0 radical (unpaired) electrons. The van der Waals surface area contributed by atoms with E-state index in [9.17, 15) is 4.79 Å². The number of carbonyl (C=O) groups excluding carboxylic acids is 1. The molecule has 1 aliphatic carbocycles. The Morgan fingerprint density at radius 2 is 1.83 bits per heavy atom. The van der Waals surface area contributed by atoms with Crippen LogP contribution in [-0.2, 0) is 4.74 Å². The number of alkyl carbamates (subject to hydrolysis) is 1. The fraction of sp³-hybridized carbons (Fsp3) is 0.929. The molecule has 2 rings (SSSR count). The molecule has 18 heavy (non-hydrogen) atoms. The maximum Gasteiger partial charge on any atom is 0.407 e. The summed E-state index contributed by atoms with van der Waals surface area (Å²) in [7, 11) is 0. The van der Waals surface area contributed by atoms with Crippen LogP contribution in [0.15, 0.2) is 0 Å². The highest BCUT2D eigenvalue weighted by Gasteiger charge is 2.34. The zero-order chi connectivity index (χ0) is 13.2. The molecule has 1 N–H and O–H groups in total. The minimum absolute atomic E-state index is 0.265. The number of likely N-dealkylation sites (tertiary alicyclic amines) is 1. The molecule has 4 nitrogen and oxygen atoms in total. The summed E-state index contributed by atoms with van der Waals surface area (Å²) in [5.41, 5.74) is -0.411. The molecule has 2 aliphatic rings. The molecule has 2 atom stereocenters. The van der Waals surface area contributed by atoms with Crippen LogP contribution in [0.5, 0.6) is 0 Å². The lowest BCUT2D eigenvalue weighted by Gasteiger charge is -2.30. The third-order valence-corrected chi connectivity index (χ3v) is 3.79. The van der Waals surface area contributed by atoms with Gasteiger partial charge in [0.25, 0.3) is 0 Å². The van der Waals surface area contributed by atoms with Crippen molar-refractivity contribution in [1.82, 2.24) is 10.2 Å². The second kappa shape index (κ2) is 5.47. The van der Waals surface area contributed by atoms with Gasteiger partial charge >= 0.3 is 6.09 Å². The smallest absolute Gasteiger partial charge is 0.407 e. The second-order valence-corrected chi connectivity index (χ2v) is 6.49. The van der Waals surface area contributed by atoms with Crippen LogP contribution in [0.4, 0.5) is 4.79 Å². The molecule has 0 aromatic rings. The highest BCUT2D eigenvalue weighted by atomic mass is 16.6. The lowest BCUT2D eigenvalue weighted by molar-refractivity contribution is 0.0479. The number of hydrogen-bond donors (Lipinski definition) is 1. The fourth-order valence-corrected chi connectivity index (χ4v) is 3.08. The maximum atomic E-state index is 11.8. The molecule has 104 valence electrons. The standard InChI is InChI=1S/C14H26N2O2/c1-14(2,3)18-13(17)15-11-7-6-8-12(11)16-9-4-5-10-16/h11-12H,4-10H2,1-3H3,(H,15,17)/t11-,12+/m0/s1. The lowest BCUT2D eigenvalue weighted by atomic mass is 10.1. The van der Waals surface area contributed by atoms with E-state index in [4.69, 9.17) is 4.74 Å². The number of amides is 1. The lowest BCUT2D eigenvalue weighted by Crippen LogP contribution is -2.48. The quantitative estimate of drug-likeness (QED) is 0.823. The van der Waals surface area contributed by atoms with Gasteiger partial charge in [-0.25, -0.2) is 4.79 Å². The molecule has 1 heterocycles. The van der Waals surface area contributed by atoms with Gasteiger partial charge in [-0.05, 0) is 66.0 Å². The summed E-state index contributed by atoms with van der Waals surface area (Å²) in [6.07, 6.45) is 5.84. The first-order valence-corrected chi connectivity index (χ1v) is 7.19. The zero-order valence-corrected chi connectivity index (χ0v) is 11.9. The van der Waals surface area contributed by atoms with Crippen molar-refractivity contribution in [2.75, 3.05) is 13.1 Å². The predicted molar refractivity (Wildman–Crippen MR) is 71.6 cm³/mol. The molecule has 0 aromatic heterocycles. The first kappa shape index (κ1) is 13.7. The van der Waals surface area contributed by atoms with Crippen molar-refractivity contribution < 1.29 is 9.53 Å². The molecular formula is C14H26N2O2. The number of rotatable bonds is 2. The topological polar surface area (TPSA) is 41.6 Å². The highest BCUT2D eigenvalue weighted by molar-refractivity contribution is 5.68. The van der Waals surface area contributed by atoms with Crippen molar-refractivity contribution in [3.05, 3.63) is 0 Å². The van der Waals surface area contributed by atoms with E-state index in [-0.39, 0.29) is 12.1 Å². The van der Waals surface area contributed by atoms with Crippen LogP contribution >= 0.6 is 0 Å². The number of nitrogens with zero attached hydrogens (tertiary/aromatic N) is 1. The molecule has 0 unspecified atom stereocenters. The third kappa shape index (κ3) is 3.61. The van der Waals surface area contributed by atoms with E-state index in [1.807, 2.05) is 20.8 Å². The van der Waals surface area contributed by atoms with Crippen LogP contribution in [0.3, 0.4) is 0 Å². The SMILES string of the molecule is CC(C)(C)OC(=O)N[C@H]1CCC[C@H]1N1CCCC1. The summed E-state index contributed by atoms with van der Waals surface area (Å²) in [6.45, 7) is 8.09. The molecule has 1 aliphatic heterocycles. The van der Waals surface area contributed by atoms with Crippen molar-refractivity contribution >= 4 is 6.09 Å². The van der Waals surface area contributed by atoms with Gasteiger partial charge in [0, 0.05) is 12.1 Å². The van der Waals surface area contributed by atoms with E-state index in [1.54, 1.807) is 0 Å². The molecule has 2 fully saturated rings. The van der Waals surface area contributed by atoms with Crippen LogP contribution in [0, 0.1) is 0 Å². The van der Waals surface area contributed by atoms with Crippen LogP contribution in [0.2, 0.25) is 0 Å². The summed E-state index contributed by atoms with van der Waals surface area (Å²) in [5, 5.41) is 3.06. The molecular weight excluding hydrogens is 228 g/mol. The van der Waals surface area contributed by atoms with Crippen molar-refractivity contribution in [3.63, 3.8) is 0 Å². The summed E-state index contributed by atoms with van der Waals surface area (Å²) in [5.74, 6) is 0. The fourth-order valence-electron chi connectivity index (χ4n) is 3.08. The van der Waals surface area contributed by atoms with Crippen molar-refractivity contribution in [2.24, 2.45) is 0 Å². The van der Waals surface area contributed by atoms with Gasteiger partial charge in [0.15, 0.2) is 0 Å². The van der Waals surface area contributed by atoms with Crippen molar-refractivity contribution in [1.29, 1.82) is 0 Å². The number of ether oxygens (including phenoxy) is 1. The van der Waals surface area contributed by atoms with Gasteiger partial charge in [-0.2, -0.15) is 0 Å². The molecule has 0 bridgehead atoms. The van der Waals surface area contributed by atoms with E-state index < -0.39 is 5.60 Å². The van der Waals surface area contributed by atoms with E-state index in [2.05, 4.69) is 10.2 Å².